The number of hydrogen-bond acceptors (Lipinski definition) is 6. The Bertz CT molecular complexity index is 402. The van der Waals surface area contributed by atoms with Gasteiger partial charge < -0.3 is 4.90 Å². The number of alkyl halides is 3. The van der Waals surface area contributed by atoms with E-state index < -0.39 is 9.22 Å². The molecule has 0 saturated carbocycles. The Morgan fingerprint density at radius 3 is 2.74 bits per heavy atom. The first-order valence-electron chi connectivity index (χ1n) is 4.83. The van der Waals surface area contributed by atoms with Gasteiger partial charge in [-0.25, -0.2) is 9.10 Å². The third-order valence-corrected chi connectivity index (χ3v) is 4.06. The molecule has 1 saturated heterocycles. The van der Waals surface area contributed by atoms with Gasteiger partial charge in [-0.3, -0.25) is 9.63 Å². The molecule has 1 aliphatic rings. The van der Waals surface area contributed by atoms with E-state index in [1.54, 1.807) is 7.05 Å². The molecule has 0 bridgehead atoms. The standard InChI is InChI=1S/C8H10Cl3N3O3S2/c1-13-3-5(18-4-6(13)15)12-17-7(16)14(2)19-8(9,10)11/h3-4H2,1-2H3. The highest BCUT2D eigenvalue weighted by Crippen LogP contribution is 2.40. The highest BCUT2D eigenvalue weighted by atomic mass is 35.6. The third kappa shape index (κ3) is 6.31. The number of oxime groups is 1. The molecule has 11 heteroatoms. The van der Waals surface area contributed by atoms with Crippen molar-refractivity contribution in [3.63, 3.8) is 0 Å². The normalized spacial score (nSPS) is 18.7. The lowest BCUT2D eigenvalue weighted by Gasteiger charge is -2.22. The Labute approximate surface area is 133 Å². The van der Waals surface area contributed by atoms with Crippen LogP contribution in [0.15, 0.2) is 5.16 Å². The Hall–Kier alpha value is -0.0200. The fourth-order valence-electron chi connectivity index (χ4n) is 0.987. The van der Waals surface area contributed by atoms with E-state index in [9.17, 15) is 9.59 Å². The molecule has 6 nitrogen and oxygen atoms in total. The molecule has 0 aliphatic carbocycles. The summed E-state index contributed by atoms with van der Waals surface area (Å²) in [4.78, 5) is 28.9. The molecule has 0 atom stereocenters. The van der Waals surface area contributed by atoms with Crippen LogP contribution in [-0.4, -0.2) is 55.8 Å². The van der Waals surface area contributed by atoms with Gasteiger partial charge in [0.1, 0.15) is 5.04 Å². The van der Waals surface area contributed by atoms with E-state index in [-0.39, 0.29) is 11.7 Å². The molecule has 0 aromatic rings. The van der Waals surface area contributed by atoms with Crippen LogP contribution in [0.3, 0.4) is 0 Å². The molecule has 0 radical (unpaired) electrons. The minimum Gasteiger partial charge on any atom is -0.338 e. The van der Waals surface area contributed by atoms with Crippen LogP contribution in [0.5, 0.6) is 0 Å². The summed E-state index contributed by atoms with van der Waals surface area (Å²) in [7, 11) is 3.03. The summed E-state index contributed by atoms with van der Waals surface area (Å²) in [5.41, 5.74) is 0. The SMILES string of the molecule is CN1CC(=NOC(=O)N(C)SC(Cl)(Cl)Cl)SCC1=O. The van der Waals surface area contributed by atoms with E-state index in [4.69, 9.17) is 39.6 Å². The lowest BCUT2D eigenvalue weighted by molar-refractivity contribution is -0.126. The highest BCUT2D eigenvalue weighted by molar-refractivity contribution is 8.14. The molecule has 1 fully saturated rings. The van der Waals surface area contributed by atoms with E-state index in [0.717, 1.165) is 4.31 Å². The predicted octanol–water partition coefficient (Wildman–Crippen LogP) is 2.55. The summed E-state index contributed by atoms with van der Waals surface area (Å²) in [6, 6.07) is 0. The van der Waals surface area contributed by atoms with E-state index in [1.165, 1.54) is 23.7 Å². The summed E-state index contributed by atoms with van der Waals surface area (Å²) in [6.45, 7) is 0.304. The molecule has 2 amide bonds. The topological polar surface area (TPSA) is 62.2 Å². The zero-order valence-corrected chi connectivity index (χ0v) is 13.8. The average Bonchev–Trinajstić information content (AvgIpc) is 2.28. The molecule has 1 rings (SSSR count). The van der Waals surface area contributed by atoms with Gasteiger partial charge >= 0.3 is 6.09 Å². The van der Waals surface area contributed by atoms with Crippen LogP contribution in [0, 0.1) is 0 Å². The van der Waals surface area contributed by atoms with Crippen molar-refractivity contribution in [1.82, 2.24) is 9.21 Å². The van der Waals surface area contributed by atoms with Gasteiger partial charge in [0.15, 0.2) is 0 Å². The van der Waals surface area contributed by atoms with Crippen molar-refractivity contribution in [2.45, 2.75) is 3.12 Å². The maximum absolute atomic E-state index is 11.5. The average molecular weight is 367 g/mol. The fourth-order valence-corrected chi connectivity index (χ4v) is 3.22. The first kappa shape index (κ1) is 17.0. The van der Waals surface area contributed by atoms with Crippen LogP contribution in [0.4, 0.5) is 4.79 Å². The van der Waals surface area contributed by atoms with Crippen molar-refractivity contribution in [1.29, 1.82) is 0 Å². The fraction of sp³-hybridized carbons (Fsp3) is 0.625. The second-order valence-electron chi connectivity index (χ2n) is 3.42. The molecule has 1 aliphatic heterocycles. The first-order chi connectivity index (χ1) is 8.69. The number of carbonyl (C=O) groups excluding carboxylic acids is 2. The van der Waals surface area contributed by atoms with Crippen molar-refractivity contribution in [2.75, 3.05) is 26.4 Å². The number of rotatable bonds is 2. The molecule has 0 aromatic heterocycles. The molecular weight excluding hydrogens is 357 g/mol. The molecule has 1 heterocycles. The third-order valence-electron chi connectivity index (χ3n) is 1.88. The minimum atomic E-state index is -1.66. The number of hydrogen-bond donors (Lipinski definition) is 0. The van der Waals surface area contributed by atoms with Crippen molar-refractivity contribution in [3.05, 3.63) is 0 Å². The number of halogens is 3. The summed E-state index contributed by atoms with van der Waals surface area (Å²) in [5.74, 6) is 0.269. The molecule has 0 unspecified atom stereocenters. The van der Waals surface area contributed by atoms with E-state index in [2.05, 4.69) is 5.16 Å². The Balaban J connectivity index is 2.47. The zero-order chi connectivity index (χ0) is 14.6. The van der Waals surface area contributed by atoms with Crippen LogP contribution >= 0.6 is 58.5 Å². The lowest BCUT2D eigenvalue weighted by atomic mass is 10.5. The largest absolute Gasteiger partial charge is 0.445 e. The molecule has 0 spiro atoms. The van der Waals surface area contributed by atoms with Gasteiger partial charge in [-0.1, -0.05) is 51.7 Å². The maximum Gasteiger partial charge on any atom is 0.445 e. The van der Waals surface area contributed by atoms with E-state index in [1.807, 2.05) is 0 Å². The van der Waals surface area contributed by atoms with Crippen molar-refractivity contribution < 1.29 is 14.4 Å². The maximum atomic E-state index is 11.5. The molecule has 0 N–H and O–H groups in total. The second kappa shape index (κ2) is 7.12. The molecule has 0 aromatic carbocycles. The number of carbonyl (C=O) groups is 2. The number of nitrogens with zero attached hydrogens (tertiary/aromatic N) is 3. The molecule has 108 valence electrons. The van der Waals surface area contributed by atoms with Crippen LogP contribution in [0.25, 0.3) is 0 Å². The van der Waals surface area contributed by atoms with Crippen LogP contribution in [0.2, 0.25) is 0 Å². The van der Waals surface area contributed by atoms with E-state index in [0.29, 0.717) is 23.5 Å². The lowest BCUT2D eigenvalue weighted by Crippen LogP contribution is -2.37. The van der Waals surface area contributed by atoms with Gasteiger partial charge in [-0.05, 0) is 0 Å². The minimum absolute atomic E-state index is 0.000784. The monoisotopic (exact) mass is 365 g/mol. The van der Waals surface area contributed by atoms with Gasteiger partial charge in [0.05, 0.1) is 12.3 Å². The van der Waals surface area contributed by atoms with Crippen LogP contribution < -0.4 is 0 Å². The Morgan fingerprint density at radius 1 is 1.58 bits per heavy atom. The Morgan fingerprint density at radius 2 is 2.21 bits per heavy atom. The second-order valence-corrected chi connectivity index (χ2v) is 8.76. The Kier molecular flexibility index (Phi) is 6.38. The van der Waals surface area contributed by atoms with Gasteiger partial charge in [0.2, 0.25) is 5.91 Å². The van der Waals surface area contributed by atoms with Crippen molar-refractivity contribution >= 4 is 75.6 Å². The van der Waals surface area contributed by atoms with Gasteiger partial charge in [0.25, 0.3) is 3.12 Å². The first-order valence-corrected chi connectivity index (χ1v) is 7.72. The molecule has 19 heavy (non-hydrogen) atoms. The van der Waals surface area contributed by atoms with Gasteiger partial charge in [-0.2, -0.15) is 0 Å². The number of amides is 2. The smallest absolute Gasteiger partial charge is 0.338 e. The number of thioether (sulfide) groups is 1. The highest BCUT2D eigenvalue weighted by Gasteiger charge is 2.27. The quantitative estimate of drug-likeness (QED) is 0.325. The van der Waals surface area contributed by atoms with Crippen LogP contribution in [0.1, 0.15) is 0 Å². The summed E-state index contributed by atoms with van der Waals surface area (Å²) in [5, 5.41) is 4.20. The van der Waals surface area contributed by atoms with Gasteiger partial charge in [0, 0.05) is 26.0 Å². The van der Waals surface area contributed by atoms with Crippen molar-refractivity contribution in [2.24, 2.45) is 5.16 Å². The molecular formula is C8H10Cl3N3O3S2. The van der Waals surface area contributed by atoms with Crippen molar-refractivity contribution in [3.8, 4) is 0 Å². The van der Waals surface area contributed by atoms with Gasteiger partial charge in [-0.15, -0.1) is 0 Å². The summed E-state index contributed by atoms with van der Waals surface area (Å²) < 4.78 is -0.646. The predicted molar refractivity (Wildman–Crippen MR) is 79.7 cm³/mol. The van der Waals surface area contributed by atoms with E-state index >= 15 is 0 Å². The van der Waals surface area contributed by atoms with Crippen LogP contribution in [-0.2, 0) is 9.63 Å². The summed E-state index contributed by atoms with van der Waals surface area (Å²) in [6.07, 6.45) is -0.774. The zero-order valence-electron chi connectivity index (χ0n) is 9.93. The summed E-state index contributed by atoms with van der Waals surface area (Å²) >= 11 is 18.4.